The molecule has 0 saturated heterocycles. The molecule has 1 aromatic heterocycles. The van der Waals surface area contributed by atoms with Crippen LogP contribution in [0, 0.1) is 0 Å². The zero-order valence-corrected chi connectivity index (χ0v) is 11.4. The molecule has 18 heavy (non-hydrogen) atoms. The van der Waals surface area contributed by atoms with Gasteiger partial charge in [0.1, 0.15) is 0 Å². The van der Waals surface area contributed by atoms with E-state index in [1.165, 1.54) is 0 Å². The van der Waals surface area contributed by atoms with Crippen LogP contribution in [0.15, 0.2) is 12.4 Å². The van der Waals surface area contributed by atoms with Gasteiger partial charge in [0.25, 0.3) is 5.91 Å². The molecule has 0 atom stereocenters. The number of amides is 1. The Hall–Kier alpha value is -1.65. The van der Waals surface area contributed by atoms with Gasteiger partial charge in [-0.1, -0.05) is 13.3 Å². The molecule has 1 aromatic rings. The number of carbonyl (C=O) groups is 1. The number of rotatable bonds is 7. The van der Waals surface area contributed by atoms with Crippen LogP contribution in [0.2, 0.25) is 0 Å². The predicted octanol–water partition coefficient (Wildman–Crippen LogP) is 1.85. The van der Waals surface area contributed by atoms with Gasteiger partial charge in [0.2, 0.25) is 5.95 Å². The molecule has 100 valence electrons. The number of carbonyl (C=O) groups excluding carboxylic acids is 1. The summed E-state index contributed by atoms with van der Waals surface area (Å²) in [6.07, 6.45) is 5.23. The number of nitrogens with one attached hydrogen (secondary N) is 1. The van der Waals surface area contributed by atoms with Crippen molar-refractivity contribution >= 4 is 11.9 Å². The first kappa shape index (κ1) is 14.4. The SMILES string of the molecule is CCCCNC(=O)c1cnc(N(CC)CC)nc1. The number of nitrogens with zero attached hydrogens (tertiary/aromatic N) is 3. The number of aromatic nitrogens is 2. The van der Waals surface area contributed by atoms with Gasteiger partial charge in [-0.2, -0.15) is 0 Å². The van der Waals surface area contributed by atoms with Gasteiger partial charge in [-0.3, -0.25) is 4.79 Å². The molecule has 0 spiro atoms. The Balaban J connectivity index is 2.61. The van der Waals surface area contributed by atoms with E-state index in [9.17, 15) is 4.79 Å². The second-order valence-electron chi connectivity index (χ2n) is 4.05. The molecule has 0 unspecified atom stereocenters. The molecule has 0 aromatic carbocycles. The quantitative estimate of drug-likeness (QED) is 0.750. The molecule has 1 rings (SSSR count). The first-order valence-corrected chi connectivity index (χ1v) is 6.58. The Morgan fingerprint density at radius 1 is 1.22 bits per heavy atom. The van der Waals surface area contributed by atoms with Crippen molar-refractivity contribution in [3.05, 3.63) is 18.0 Å². The van der Waals surface area contributed by atoms with Crippen molar-refractivity contribution in [1.82, 2.24) is 15.3 Å². The third-order valence-corrected chi connectivity index (χ3v) is 2.76. The Labute approximate surface area is 109 Å². The summed E-state index contributed by atoms with van der Waals surface area (Å²) >= 11 is 0. The van der Waals surface area contributed by atoms with Crippen LogP contribution >= 0.6 is 0 Å². The summed E-state index contributed by atoms with van der Waals surface area (Å²) < 4.78 is 0. The van der Waals surface area contributed by atoms with Crippen molar-refractivity contribution in [2.45, 2.75) is 33.6 Å². The van der Waals surface area contributed by atoms with Crippen LogP contribution in [0.5, 0.6) is 0 Å². The van der Waals surface area contributed by atoms with E-state index in [0.717, 1.165) is 25.9 Å². The van der Waals surface area contributed by atoms with Gasteiger partial charge in [0, 0.05) is 32.0 Å². The Bertz CT molecular complexity index is 360. The molecule has 1 N–H and O–H groups in total. The summed E-state index contributed by atoms with van der Waals surface area (Å²) in [6, 6.07) is 0. The maximum atomic E-state index is 11.7. The fourth-order valence-corrected chi connectivity index (χ4v) is 1.59. The number of unbranched alkanes of at least 4 members (excludes halogenated alkanes) is 1. The van der Waals surface area contributed by atoms with Gasteiger partial charge in [-0.25, -0.2) is 9.97 Å². The maximum Gasteiger partial charge on any atom is 0.254 e. The van der Waals surface area contributed by atoms with Crippen LogP contribution in [0.25, 0.3) is 0 Å². The summed E-state index contributed by atoms with van der Waals surface area (Å²) in [6.45, 7) is 8.62. The fraction of sp³-hybridized carbons (Fsp3) is 0.615. The highest BCUT2D eigenvalue weighted by molar-refractivity contribution is 5.93. The lowest BCUT2D eigenvalue weighted by atomic mass is 10.3. The van der Waals surface area contributed by atoms with E-state index in [-0.39, 0.29) is 5.91 Å². The monoisotopic (exact) mass is 250 g/mol. The zero-order valence-electron chi connectivity index (χ0n) is 11.4. The van der Waals surface area contributed by atoms with Crippen molar-refractivity contribution in [3.8, 4) is 0 Å². The second-order valence-corrected chi connectivity index (χ2v) is 4.05. The lowest BCUT2D eigenvalue weighted by molar-refractivity contribution is 0.0952. The minimum Gasteiger partial charge on any atom is -0.352 e. The lowest BCUT2D eigenvalue weighted by Crippen LogP contribution is -2.26. The Kier molecular flexibility index (Phi) is 6.11. The highest BCUT2D eigenvalue weighted by atomic mass is 16.1. The molecule has 0 saturated carbocycles. The summed E-state index contributed by atoms with van der Waals surface area (Å²) in [5.41, 5.74) is 0.516. The van der Waals surface area contributed by atoms with Crippen LogP contribution in [0.3, 0.4) is 0 Å². The normalized spacial score (nSPS) is 10.2. The van der Waals surface area contributed by atoms with Crippen molar-refractivity contribution in [2.24, 2.45) is 0 Å². The summed E-state index contributed by atoms with van der Waals surface area (Å²) in [4.78, 5) is 22.2. The number of hydrogen-bond donors (Lipinski definition) is 1. The van der Waals surface area contributed by atoms with Crippen molar-refractivity contribution in [1.29, 1.82) is 0 Å². The molecule has 0 fully saturated rings. The van der Waals surface area contributed by atoms with Gasteiger partial charge in [-0.15, -0.1) is 0 Å². The Morgan fingerprint density at radius 3 is 2.33 bits per heavy atom. The molecule has 0 aliphatic rings. The predicted molar refractivity (Wildman–Crippen MR) is 72.8 cm³/mol. The van der Waals surface area contributed by atoms with Gasteiger partial charge in [0.15, 0.2) is 0 Å². The maximum absolute atomic E-state index is 11.7. The third kappa shape index (κ3) is 3.98. The second kappa shape index (κ2) is 7.63. The third-order valence-electron chi connectivity index (χ3n) is 2.76. The van der Waals surface area contributed by atoms with Crippen LogP contribution in [0.4, 0.5) is 5.95 Å². The molecular formula is C13H22N4O. The molecule has 0 radical (unpaired) electrons. The van der Waals surface area contributed by atoms with Crippen LogP contribution in [-0.2, 0) is 0 Å². The van der Waals surface area contributed by atoms with E-state index in [1.807, 2.05) is 4.90 Å². The lowest BCUT2D eigenvalue weighted by Gasteiger charge is -2.17. The molecule has 0 aliphatic heterocycles. The largest absolute Gasteiger partial charge is 0.352 e. The van der Waals surface area contributed by atoms with Gasteiger partial charge in [0.05, 0.1) is 5.56 Å². The van der Waals surface area contributed by atoms with Gasteiger partial charge in [-0.05, 0) is 20.3 Å². The average molecular weight is 250 g/mol. The summed E-state index contributed by atoms with van der Waals surface area (Å²) in [5, 5.41) is 2.84. The first-order chi connectivity index (χ1) is 8.72. The van der Waals surface area contributed by atoms with E-state index < -0.39 is 0 Å². The average Bonchev–Trinajstić information content (AvgIpc) is 2.41. The molecule has 1 amide bonds. The van der Waals surface area contributed by atoms with Crippen LogP contribution < -0.4 is 10.2 Å². The minimum atomic E-state index is -0.102. The van der Waals surface area contributed by atoms with Crippen molar-refractivity contribution < 1.29 is 4.79 Å². The molecule has 0 bridgehead atoms. The Morgan fingerprint density at radius 2 is 1.83 bits per heavy atom. The highest BCUT2D eigenvalue weighted by Gasteiger charge is 2.08. The smallest absolute Gasteiger partial charge is 0.254 e. The first-order valence-electron chi connectivity index (χ1n) is 6.58. The van der Waals surface area contributed by atoms with Gasteiger partial charge < -0.3 is 10.2 Å². The molecule has 5 nitrogen and oxygen atoms in total. The summed E-state index contributed by atoms with van der Waals surface area (Å²) in [7, 11) is 0. The van der Waals surface area contributed by atoms with Crippen LogP contribution in [0.1, 0.15) is 44.0 Å². The van der Waals surface area contributed by atoms with Crippen LogP contribution in [-0.4, -0.2) is 35.5 Å². The van der Waals surface area contributed by atoms with E-state index >= 15 is 0 Å². The minimum absolute atomic E-state index is 0.102. The molecular weight excluding hydrogens is 228 g/mol. The van der Waals surface area contributed by atoms with E-state index in [4.69, 9.17) is 0 Å². The molecule has 5 heteroatoms. The van der Waals surface area contributed by atoms with E-state index in [0.29, 0.717) is 18.1 Å². The van der Waals surface area contributed by atoms with E-state index in [1.54, 1.807) is 12.4 Å². The topological polar surface area (TPSA) is 58.1 Å². The molecule has 0 aliphatic carbocycles. The fourth-order valence-electron chi connectivity index (χ4n) is 1.59. The van der Waals surface area contributed by atoms with E-state index in [2.05, 4.69) is 36.1 Å². The standard InChI is InChI=1S/C13H22N4O/c1-4-7-8-14-12(18)11-9-15-13(16-10-11)17(5-2)6-3/h9-10H,4-8H2,1-3H3,(H,14,18). The molecule has 1 heterocycles. The highest BCUT2D eigenvalue weighted by Crippen LogP contribution is 2.06. The van der Waals surface area contributed by atoms with Crippen molar-refractivity contribution in [3.63, 3.8) is 0 Å². The number of anilines is 1. The zero-order chi connectivity index (χ0) is 13.4. The van der Waals surface area contributed by atoms with Gasteiger partial charge >= 0.3 is 0 Å². The number of hydrogen-bond acceptors (Lipinski definition) is 4. The summed E-state index contributed by atoms with van der Waals surface area (Å²) in [5.74, 6) is 0.569. The van der Waals surface area contributed by atoms with Crippen molar-refractivity contribution in [2.75, 3.05) is 24.5 Å².